The molecule has 0 spiro atoms. The highest BCUT2D eigenvalue weighted by Crippen LogP contribution is 2.48. The highest BCUT2D eigenvalue weighted by molar-refractivity contribution is 6.13. The van der Waals surface area contributed by atoms with Crippen LogP contribution in [0.3, 0.4) is 0 Å². The van der Waals surface area contributed by atoms with Gasteiger partial charge in [-0.15, -0.1) is 0 Å². The number of hydrogen-bond acceptors (Lipinski definition) is 1. The van der Waals surface area contributed by atoms with Crippen LogP contribution in [0.25, 0.3) is 88.1 Å². The van der Waals surface area contributed by atoms with Gasteiger partial charge in [0, 0.05) is 49.3 Å². The summed E-state index contributed by atoms with van der Waals surface area (Å²) in [6.07, 6.45) is 0. The Morgan fingerprint density at radius 1 is 0.297 bits per heavy atom. The molecule has 0 atom stereocenters. The Bertz CT molecular complexity index is 3740. The Balaban J connectivity index is 1.14. The molecule has 13 aromatic rings. The van der Waals surface area contributed by atoms with Gasteiger partial charge in [-0.1, -0.05) is 182 Å². The summed E-state index contributed by atoms with van der Waals surface area (Å²) in [4.78, 5) is 0. The number of furan rings is 1. The van der Waals surface area contributed by atoms with Gasteiger partial charge < -0.3 is 13.6 Å². The molecule has 0 unspecified atom stereocenters. The van der Waals surface area contributed by atoms with Gasteiger partial charge in [-0.2, -0.15) is 0 Å². The Hall–Kier alpha value is -8.40. The van der Waals surface area contributed by atoms with E-state index < -0.39 is 5.41 Å². The summed E-state index contributed by atoms with van der Waals surface area (Å²) in [7, 11) is 0. The van der Waals surface area contributed by atoms with Gasteiger partial charge in [-0.3, -0.25) is 0 Å². The van der Waals surface area contributed by atoms with Crippen molar-refractivity contribution in [2.24, 2.45) is 0 Å². The molecule has 0 amide bonds. The summed E-state index contributed by atoms with van der Waals surface area (Å²) in [6.45, 7) is 0. The molecule has 0 aliphatic rings. The smallest absolute Gasteiger partial charge is 0.143 e. The fourth-order valence-corrected chi connectivity index (χ4v) is 10.7. The van der Waals surface area contributed by atoms with Gasteiger partial charge in [-0.05, 0) is 88.5 Å². The third kappa shape index (κ3) is 5.34. The largest absolute Gasteiger partial charge is 0.455 e. The molecule has 10 aromatic carbocycles. The van der Waals surface area contributed by atoms with Crippen molar-refractivity contribution in [3.05, 3.63) is 265 Å². The Morgan fingerprint density at radius 2 is 0.766 bits per heavy atom. The highest BCUT2D eigenvalue weighted by Gasteiger charge is 2.39. The second kappa shape index (κ2) is 14.3. The first-order valence-electron chi connectivity index (χ1n) is 22.0. The van der Waals surface area contributed by atoms with E-state index in [4.69, 9.17) is 4.42 Å². The molecular weight excluding hydrogens is 777 g/mol. The average molecular weight is 817 g/mol. The number of fused-ring (bicyclic) bond motifs is 9. The molecule has 300 valence electrons. The summed E-state index contributed by atoms with van der Waals surface area (Å²) >= 11 is 0. The third-order valence-corrected chi connectivity index (χ3v) is 13.4. The molecule has 3 nitrogen and oxygen atoms in total. The number of benzene rings is 10. The first-order valence-corrected chi connectivity index (χ1v) is 22.0. The lowest BCUT2D eigenvalue weighted by Crippen LogP contribution is -2.31. The SMILES string of the molecule is c1ccc(C(c2ccccc2)(c2ccccc2)c2cc(-c3cccc4c3oc3ccccc34)cc(-n3c4ccccc4c4cc(-n5c6ccccc6c6ccccc65)ccc43)c2)cc1. The predicted octanol–water partition coefficient (Wildman–Crippen LogP) is 15.8. The van der Waals surface area contributed by atoms with E-state index in [-0.39, 0.29) is 0 Å². The van der Waals surface area contributed by atoms with Crippen LogP contribution in [0, 0.1) is 0 Å². The van der Waals surface area contributed by atoms with Crippen molar-refractivity contribution in [3.8, 4) is 22.5 Å². The zero-order valence-electron chi connectivity index (χ0n) is 34.9. The molecule has 0 aliphatic heterocycles. The Kier molecular flexibility index (Phi) is 8.13. The molecule has 3 heteroatoms. The van der Waals surface area contributed by atoms with Gasteiger partial charge in [-0.25, -0.2) is 0 Å². The van der Waals surface area contributed by atoms with Gasteiger partial charge in [0.05, 0.1) is 27.5 Å². The van der Waals surface area contributed by atoms with E-state index >= 15 is 0 Å². The standard InChI is InChI=1S/C61H40N2O/c1-4-19-42(20-5-1)61(43-21-6-2-7-22-43,44-23-8-3-9-24-44)45-37-41(48-29-18-30-53-52-28-13-17-34-59(52)64-60(48)53)38-47(39-45)63-57-33-16-12-27-51(57)54-40-46(35-36-58(54)63)62-55-31-14-10-25-49(55)50-26-11-15-32-56(50)62/h1-40H. The minimum absolute atomic E-state index is 0.682. The van der Waals surface area contributed by atoms with Crippen molar-refractivity contribution < 1.29 is 4.42 Å². The van der Waals surface area contributed by atoms with E-state index in [1.165, 1.54) is 49.3 Å². The second-order valence-electron chi connectivity index (χ2n) is 16.8. The molecule has 0 N–H and O–H groups in total. The minimum Gasteiger partial charge on any atom is -0.455 e. The molecule has 0 saturated heterocycles. The van der Waals surface area contributed by atoms with Crippen LogP contribution in [-0.2, 0) is 5.41 Å². The highest BCUT2D eigenvalue weighted by atomic mass is 16.3. The summed E-state index contributed by atoms with van der Waals surface area (Å²) in [5.74, 6) is 0. The van der Waals surface area contributed by atoms with Crippen molar-refractivity contribution in [2.75, 3.05) is 0 Å². The number of hydrogen-bond donors (Lipinski definition) is 0. The van der Waals surface area contributed by atoms with Crippen molar-refractivity contribution in [3.63, 3.8) is 0 Å². The van der Waals surface area contributed by atoms with Gasteiger partial charge in [0.15, 0.2) is 0 Å². The molecule has 3 heterocycles. The van der Waals surface area contributed by atoms with E-state index in [0.29, 0.717) is 0 Å². The molecule has 64 heavy (non-hydrogen) atoms. The molecule has 3 aromatic heterocycles. The van der Waals surface area contributed by atoms with Crippen LogP contribution >= 0.6 is 0 Å². The van der Waals surface area contributed by atoms with Crippen molar-refractivity contribution in [1.82, 2.24) is 9.13 Å². The summed E-state index contributed by atoms with van der Waals surface area (Å²) in [5.41, 5.74) is 14.8. The molecular formula is C61H40N2O. The Morgan fingerprint density at radius 3 is 1.36 bits per heavy atom. The molecule has 0 bridgehead atoms. The first kappa shape index (κ1) is 36.3. The average Bonchev–Trinajstić information content (AvgIpc) is 4.03. The molecule has 13 rings (SSSR count). The molecule has 0 saturated carbocycles. The monoisotopic (exact) mass is 816 g/mol. The van der Waals surface area contributed by atoms with E-state index in [1.54, 1.807) is 0 Å². The maximum absolute atomic E-state index is 6.79. The first-order chi connectivity index (χ1) is 31.8. The van der Waals surface area contributed by atoms with Crippen LogP contribution in [0.1, 0.15) is 22.3 Å². The van der Waals surface area contributed by atoms with Crippen LogP contribution < -0.4 is 0 Å². The van der Waals surface area contributed by atoms with Crippen LogP contribution in [0.15, 0.2) is 247 Å². The Labute approximate surface area is 370 Å². The zero-order valence-corrected chi connectivity index (χ0v) is 34.9. The van der Waals surface area contributed by atoms with E-state index in [1.807, 2.05) is 6.07 Å². The maximum atomic E-state index is 6.79. The third-order valence-electron chi connectivity index (χ3n) is 13.4. The van der Waals surface area contributed by atoms with E-state index in [2.05, 4.69) is 246 Å². The maximum Gasteiger partial charge on any atom is 0.143 e. The quantitative estimate of drug-likeness (QED) is 0.147. The van der Waals surface area contributed by atoms with Crippen molar-refractivity contribution >= 4 is 65.6 Å². The lowest BCUT2D eigenvalue weighted by Gasteiger charge is -2.37. The number of nitrogens with zero attached hydrogens (tertiary/aromatic N) is 2. The van der Waals surface area contributed by atoms with Crippen LogP contribution in [0.2, 0.25) is 0 Å². The van der Waals surface area contributed by atoms with Gasteiger partial charge >= 0.3 is 0 Å². The summed E-state index contributed by atoms with van der Waals surface area (Å²) in [6, 6.07) is 88.5. The predicted molar refractivity (Wildman–Crippen MR) is 266 cm³/mol. The lowest BCUT2D eigenvalue weighted by atomic mass is 9.64. The number of aromatic nitrogens is 2. The van der Waals surface area contributed by atoms with Crippen molar-refractivity contribution in [1.29, 1.82) is 0 Å². The number of rotatable bonds is 7. The number of para-hydroxylation sites is 5. The molecule has 0 aliphatic carbocycles. The normalized spacial score (nSPS) is 12.1. The molecule has 0 fully saturated rings. The minimum atomic E-state index is -0.682. The van der Waals surface area contributed by atoms with Crippen LogP contribution in [-0.4, -0.2) is 9.13 Å². The van der Waals surface area contributed by atoms with Crippen LogP contribution in [0.5, 0.6) is 0 Å². The summed E-state index contributed by atoms with van der Waals surface area (Å²) in [5, 5.41) is 7.12. The fourth-order valence-electron chi connectivity index (χ4n) is 10.7. The summed E-state index contributed by atoms with van der Waals surface area (Å²) < 4.78 is 11.7. The van der Waals surface area contributed by atoms with Gasteiger partial charge in [0.1, 0.15) is 11.2 Å². The topological polar surface area (TPSA) is 23.0 Å². The fraction of sp³-hybridized carbons (Fsp3) is 0.0164. The van der Waals surface area contributed by atoms with Gasteiger partial charge in [0.2, 0.25) is 0 Å². The lowest BCUT2D eigenvalue weighted by molar-refractivity contribution is 0.670. The van der Waals surface area contributed by atoms with E-state index in [0.717, 1.165) is 61.0 Å². The van der Waals surface area contributed by atoms with Crippen LogP contribution in [0.4, 0.5) is 0 Å². The molecule has 0 radical (unpaired) electrons. The van der Waals surface area contributed by atoms with E-state index in [9.17, 15) is 0 Å². The van der Waals surface area contributed by atoms with Crippen molar-refractivity contribution in [2.45, 2.75) is 5.41 Å². The second-order valence-corrected chi connectivity index (χ2v) is 16.8. The van der Waals surface area contributed by atoms with Gasteiger partial charge in [0.25, 0.3) is 0 Å². The zero-order chi connectivity index (χ0) is 42.2.